The molecule has 1 atom stereocenters. The Hall–Kier alpha value is -1.51. The molecule has 1 aliphatic heterocycles. The molecular weight excluding hydrogens is 312 g/mol. The van der Waals surface area contributed by atoms with E-state index in [1.807, 2.05) is 17.8 Å². The van der Waals surface area contributed by atoms with Crippen LogP contribution in [0, 0.1) is 6.92 Å². The van der Waals surface area contributed by atoms with Gasteiger partial charge in [0.25, 0.3) is 5.91 Å². The van der Waals surface area contributed by atoms with Crippen molar-refractivity contribution < 1.29 is 4.79 Å². The summed E-state index contributed by atoms with van der Waals surface area (Å²) >= 11 is 1.35. The second-order valence-corrected chi connectivity index (χ2v) is 5.94. The predicted molar refractivity (Wildman–Crippen MR) is 83.2 cm³/mol. The zero-order chi connectivity index (χ0) is 13.9. The van der Waals surface area contributed by atoms with E-state index in [9.17, 15) is 4.79 Å². The number of halogens is 1. The number of hydrogen-bond donors (Lipinski definition) is 2. The number of piperidine rings is 1. The van der Waals surface area contributed by atoms with E-state index in [1.165, 1.54) is 11.3 Å². The number of carbonyl (C=O) groups excluding carboxylic acids is 1. The van der Waals surface area contributed by atoms with Crippen molar-refractivity contribution in [3.05, 3.63) is 23.0 Å². The molecule has 0 aliphatic carbocycles. The van der Waals surface area contributed by atoms with E-state index >= 15 is 0 Å². The topological polar surface area (TPSA) is 84.7 Å². The summed E-state index contributed by atoms with van der Waals surface area (Å²) in [5, 5.41) is 19.5. The van der Waals surface area contributed by atoms with Crippen LogP contribution in [0.25, 0.3) is 0 Å². The van der Waals surface area contributed by atoms with Crippen molar-refractivity contribution in [2.75, 3.05) is 18.4 Å². The zero-order valence-electron chi connectivity index (χ0n) is 11.6. The van der Waals surface area contributed by atoms with Crippen molar-refractivity contribution in [3.63, 3.8) is 0 Å². The maximum Gasteiger partial charge on any atom is 0.277 e. The molecule has 0 radical (unpaired) electrons. The number of aryl methyl sites for hydroxylation is 1. The minimum Gasteiger partial charge on any atom is -0.315 e. The quantitative estimate of drug-likeness (QED) is 0.894. The lowest BCUT2D eigenvalue weighted by molar-refractivity contribution is 0.102. The molecule has 1 aliphatic rings. The first-order valence-electron chi connectivity index (χ1n) is 6.60. The van der Waals surface area contributed by atoms with Crippen molar-refractivity contribution in [3.8, 4) is 0 Å². The minimum atomic E-state index is -0.247. The molecule has 0 aromatic carbocycles. The molecule has 21 heavy (non-hydrogen) atoms. The van der Waals surface area contributed by atoms with Gasteiger partial charge in [-0.25, -0.2) is 0 Å². The first kappa shape index (κ1) is 15.9. The summed E-state index contributed by atoms with van der Waals surface area (Å²) in [6, 6.07) is 2.06. The fourth-order valence-corrected chi connectivity index (χ4v) is 2.82. The third-order valence-corrected chi connectivity index (χ3v) is 3.99. The van der Waals surface area contributed by atoms with Crippen molar-refractivity contribution in [2.45, 2.75) is 25.8 Å². The molecule has 3 rings (SSSR count). The van der Waals surface area contributed by atoms with Crippen LogP contribution in [0.2, 0.25) is 0 Å². The molecule has 1 saturated heterocycles. The molecule has 1 amide bonds. The van der Waals surface area contributed by atoms with Gasteiger partial charge in [0.2, 0.25) is 5.13 Å². The van der Waals surface area contributed by atoms with Crippen LogP contribution in [0.1, 0.15) is 34.4 Å². The van der Waals surface area contributed by atoms with Crippen molar-refractivity contribution in [2.24, 2.45) is 0 Å². The number of carbonyl (C=O) groups is 1. The molecule has 2 aromatic rings. The Kier molecular flexibility index (Phi) is 5.27. The number of hydrogen-bond acceptors (Lipinski definition) is 6. The Morgan fingerprint density at radius 2 is 2.38 bits per heavy atom. The number of anilines is 1. The van der Waals surface area contributed by atoms with Gasteiger partial charge >= 0.3 is 0 Å². The largest absolute Gasteiger partial charge is 0.315 e. The third-order valence-electron chi connectivity index (χ3n) is 3.23. The van der Waals surface area contributed by atoms with E-state index in [4.69, 9.17) is 0 Å². The highest BCUT2D eigenvalue weighted by molar-refractivity contribution is 7.15. The molecular formula is C12H17ClN6OS. The first-order chi connectivity index (χ1) is 9.72. The van der Waals surface area contributed by atoms with E-state index in [-0.39, 0.29) is 18.3 Å². The minimum absolute atomic E-state index is 0. The van der Waals surface area contributed by atoms with Crippen LogP contribution in [-0.4, -0.2) is 39.0 Å². The fraction of sp³-hybridized carbons (Fsp3) is 0.500. The lowest BCUT2D eigenvalue weighted by Gasteiger charge is -2.22. The lowest BCUT2D eigenvalue weighted by Crippen LogP contribution is -2.32. The number of nitrogens with zero attached hydrogens (tertiary/aromatic N) is 4. The third kappa shape index (κ3) is 3.78. The number of amides is 1. The van der Waals surface area contributed by atoms with Crippen molar-refractivity contribution in [1.29, 1.82) is 0 Å². The van der Waals surface area contributed by atoms with Crippen LogP contribution in [0.5, 0.6) is 0 Å². The number of nitrogens with one attached hydrogen (secondary N) is 2. The van der Waals surface area contributed by atoms with Gasteiger partial charge < -0.3 is 5.32 Å². The van der Waals surface area contributed by atoms with Crippen LogP contribution in [0.4, 0.5) is 5.13 Å². The molecule has 114 valence electrons. The summed E-state index contributed by atoms with van der Waals surface area (Å²) in [6.45, 7) is 3.80. The molecule has 0 bridgehead atoms. The van der Waals surface area contributed by atoms with Gasteiger partial charge in [0.1, 0.15) is 5.01 Å². The molecule has 1 fully saturated rings. The summed E-state index contributed by atoms with van der Waals surface area (Å²) in [5.41, 5.74) is 0.406. The highest BCUT2D eigenvalue weighted by atomic mass is 35.5. The fourth-order valence-electron chi connectivity index (χ4n) is 2.23. The van der Waals surface area contributed by atoms with E-state index in [0.29, 0.717) is 16.9 Å². The van der Waals surface area contributed by atoms with Gasteiger partial charge in [0.15, 0.2) is 5.69 Å². The lowest BCUT2D eigenvalue weighted by atomic mass is 10.1. The summed E-state index contributed by atoms with van der Waals surface area (Å²) in [6.07, 6.45) is 4.08. The average molecular weight is 329 g/mol. The maximum atomic E-state index is 12.1. The normalized spacial score (nSPS) is 18.0. The molecule has 0 spiro atoms. The summed E-state index contributed by atoms with van der Waals surface area (Å²) < 4.78 is 1.87. The molecule has 9 heteroatoms. The standard InChI is InChI=1S/C12H16N6OS.ClH/c1-8-15-16-12(20-8)14-11(19)10-4-6-18(17-10)9-3-2-5-13-7-9;/h4,6,9,13H,2-3,5,7H2,1H3,(H,14,16,19);1H. The van der Waals surface area contributed by atoms with E-state index in [2.05, 4.69) is 25.9 Å². The van der Waals surface area contributed by atoms with Crippen molar-refractivity contribution >= 4 is 34.8 Å². The highest BCUT2D eigenvalue weighted by Crippen LogP contribution is 2.17. The maximum absolute atomic E-state index is 12.1. The van der Waals surface area contributed by atoms with Crippen LogP contribution < -0.4 is 10.6 Å². The van der Waals surface area contributed by atoms with Crippen LogP contribution in [0.15, 0.2) is 12.3 Å². The molecule has 2 N–H and O–H groups in total. The summed E-state index contributed by atoms with van der Waals surface area (Å²) in [5.74, 6) is -0.247. The van der Waals surface area contributed by atoms with Crippen LogP contribution in [0.3, 0.4) is 0 Å². The van der Waals surface area contributed by atoms with E-state index in [0.717, 1.165) is 30.9 Å². The van der Waals surface area contributed by atoms with Gasteiger partial charge in [-0.15, -0.1) is 22.6 Å². The zero-order valence-corrected chi connectivity index (χ0v) is 13.2. The molecule has 1 unspecified atom stereocenters. The average Bonchev–Trinajstić information content (AvgIpc) is 3.09. The van der Waals surface area contributed by atoms with Gasteiger partial charge in [0.05, 0.1) is 6.04 Å². The van der Waals surface area contributed by atoms with Crippen molar-refractivity contribution in [1.82, 2.24) is 25.3 Å². The predicted octanol–water partition coefficient (Wildman–Crippen LogP) is 1.64. The van der Waals surface area contributed by atoms with Crippen LogP contribution >= 0.6 is 23.7 Å². The van der Waals surface area contributed by atoms with E-state index in [1.54, 1.807) is 6.07 Å². The Morgan fingerprint density at radius 3 is 3.05 bits per heavy atom. The van der Waals surface area contributed by atoms with E-state index < -0.39 is 0 Å². The molecule has 3 heterocycles. The monoisotopic (exact) mass is 328 g/mol. The Morgan fingerprint density at radius 1 is 1.52 bits per heavy atom. The first-order valence-corrected chi connectivity index (χ1v) is 7.41. The number of aromatic nitrogens is 4. The second-order valence-electron chi connectivity index (χ2n) is 4.76. The van der Waals surface area contributed by atoms with Gasteiger partial charge in [0, 0.05) is 12.7 Å². The van der Waals surface area contributed by atoms with Gasteiger partial charge in [-0.05, 0) is 32.4 Å². The molecule has 2 aromatic heterocycles. The van der Waals surface area contributed by atoms with Gasteiger partial charge in [-0.1, -0.05) is 11.3 Å². The number of rotatable bonds is 3. The molecule has 7 nitrogen and oxygen atoms in total. The Labute approximate surface area is 132 Å². The Balaban J connectivity index is 0.00000161. The smallest absolute Gasteiger partial charge is 0.277 e. The van der Waals surface area contributed by atoms with Gasteiger partial charge in [-0.2, -0.15) is 5.10 Å². The van der Waals surface area contributed by atoms with Gasteiger partial charge in [-0.3, -0.25) is 14.8 Å². The summed E-state index contributed by atoms with van der Waals surface area (Å²) in [4.78, 5) is 12.1. The SMILES string of the molecule is Cc1nnc(NC(=O)c2ccn(C3CCCNC3)n2)s1.Cl. The Bertz CT molecular complexity index is 606. The second kappa shape index (κ2) is 6.97. The molecule has 0 saturated carbocycles. The summed E-state index contributed by atoms with van der Waals surface area (Å²) in [7, 11) is 0. The van der Waals surface area contributed by atoms with Crippen LogP contribution in [-0.2, 0) is 0 Å². The highest BCUT2D eigenvalue weighted by Gasteiger charge is 2.18.